The molecule has 0 spiro atoms. The number of halogens is 2. The van der Waals surface area contributed by atoms with Gasteiger partial charge in [-0.15, -0.1) is 0 Å². The van der Waals surface area contributed by atoms with Crippen molar-refractivity contribution in [3.05, 3.63) is 23.8 Å². The van der Waals surface area contributed by atoms with Crippen LogP contribution in [-0.2, 0) is 0 Å². The van der Waals surface area contributed by atoms with Crippen LogP contribution in [-0.4, -0.2) is 13.2 Å². The molecule has 110 valence electrons. The second-order valence-electron chi connectivity index (χ2n) is 6.13. The van der Waals surface area contributed by atoms with Crippen LogP contribution in [0.2, 0.25) is 0 Å². The summed E-state index contributed by atoms with van der Waals surface area (Å²) in [6, 6.07) is 5.27. The molecule has 1 saturated carbocycles. The first-order valence-corrected chi connectivity index (χ1v) is 7.46. The molecule has 1 aliphatic heterocycles. The molecule has 4 heteroatoms. The number of anilines is 1. The first kappa shape index (κ1) is 13.7. The molecule has 1 unspecified atom stereocenters. The Hall–Kier alpha value is -1.32. The van der Waals surface area contributed by atoms with E-state index in [4.69, 9.17) is 0 Å². The van der Waals surface area contributed by atoms with Crippen LogP contribution in [0.15, 0.2) is 18.2 Å². The Bertz CT molecular complexity index is 470. The van der Waals surface area contributed by atoms with E-state index in [0.717, 1.165) is 23.7 Å². The maximum Gasteiger partial charge on any atom is 0.387 e. The van der Waals surface area contributed by atoms with Crippen molar-refractivity contribution in [1.82, 2.24) is 0 Å². The van der Waals surface area contributed by atoms with E-state index < -0.39 is 6.61 Å². The molecule has 0 bridgehead atoms. The minimum atomic E-state index is -2.75. The molecule has 0 saturated heterocycles. The average molecular weight is 281 g/mol. The normalized spacial score (nSPS) is 29.1. The van der Waals surface area contributed by atoms with Crippen LogP contribution in [0.25, 0.3) is 0 Å². The molecule has 1 atom stereocenters. The molecule has 0 amide bonds. The molecule has 1 aromatic rings. The summed E-state index contributed by atoms with van der Waals surface area (Å²) in [7, 11) is 0. The third-order valence-electron chi connectivity index (χ3n) is 4.79. The van der Waals surface area contributed by atoms with Crippen molar-refractivity contribution in [3.8, 4) is 5.75 Å². The van der Waals surface area contributed by atoms with Crippen LogP contribution >= 0.6 is 0 Å². The smallest absolute Gasteiger partial charge is 0.387 e. The van der Waals surface area contributed by atoms with Gasteiger partial charge in [-0.2, -0.15) is 8.78 Å². The number of benzene rings is 1. The van der Waals surface area contributed by atoms with Crippen molar-refractivity contribution in [2.24, 2.45) is 11.8 Å². The third-order valence-corrected chi connectivity index (χ3v) is 4.79. The molecular weight excluding hydrogens is 260 g/mol. The van der Waals surface area contributed by atoms with E-state index in [9.17, 15) is 8.78 Å². The minimum Gasteiger partial charge on any atom is -0.435 e. The Labute approximate surface area is 118 Å². The summed E-state index contributed by atoms with van der Waals surface area (Å²) in [4.78, 5) is 0. The third kappa shape index (κ3) is 2.74. The van der Waals surface area contributed by atoms with Gasteiger partial charge in [-0.1, -0.05) is 19.8 Å². The van der Waals surface area contributed by atoms with Crippen LogP contribution in [0.3, 0.4) is 0 Å². The number of hydrogen-bond acceptors (Lipinski definition) is 2. The SMILES string of the molecule is CC1CCC(C2CNc3ccc(OC(F)F)cc32)CC1. The Morgan fingerprint density at radius 1 is 1.20 bits per heavy atom. The van der Waals surface area contributed by atoms with Gasteiger partial charge in [-0.05, 0) is 48.4 Å². The molecule has 20 heavy (non-hydrogen) atoms. The number of nitrogens with one attached hydrogen (secondary N) is 1. The molecule has 2 aliphatic rings. The number of hydrogen-bond donors (Lipinski definition) is 1. The second-order valence-corrected chi connectivity index (χ2v) is 6.13. The predicted molar refractivity (Wildman–Crippen MR) is 75.4 cm³/mol. The van der Waals surface area contributed by atoms with Gasteiger partial charge < -0.3 is 10.1 Å². The molecule has 1 heterocycles. The lowest BCUT2D eigenvalue weighted by atomic mass is 9.74. The van der Waals surface area contributed by atoms with Crippen molar-refractivity contribution in [3.63, 3.8) is 0 Å². The topological polar surface area (TPSA) is 21.3 Å². The van der Waals surface area contributed by atoms with Crippen molar-refractivity contribution in [2.75, 3.05) is 11.9 Å². The Morgan fingerprint density at radius 3 is 2.65 bits per heavy atom. The summed E-state index contributed by atoms with van der Waals surface area (Å²) in [6.07, 6.45) is 5.05. The quantitative estimate of drug-likeness (QED) is 0.872. The van der Waals surface area contributed by atoms with Crippen molar-refractivity contribution in [1.29, 1.82) is 0 Å². The van der Waals surface area contributed by atoms with Crippen molar-refractivity contribution >= 4 is 5.69 Å². The van der Waals surface area contributed by atoms with Gasteiger partial charge in [0.05, 0.1) is 0 Å². The van der Waals surface area contributed by atoms with Crippen molar-refractivity contribution in [2.45, 2.75) is 45.1 Å². The summed E-state index contributed by atoms with van der Waals surface area (Å²) in [5, 5.41) is 3.40. The highest BCUT2D eigenvalue weighted by Crippen LogP contribution is 2.44. The lowest BCUT2D eigenvalue weighted by molar-refractivity contribution is -0.0498. The molecule has 1 N–H and O–H groups in total. The van der Waals surface area contributed by atoms with Gasteiger partial charge >= 0.3 is 6.61 Å². The summed E-state index contributed by atoms with van der Waals surface area (Å²) < 4.78 is 29.2. The van der Waals surface area contributed by atoms with E-state index >= 15 is 0 Å². The summed E-state index contributed by atoms with van der Waals surface area (Å²) in [6.45, 7) is 0.481. The van der Waals surface area contributed by atoms with Gasteiger partial charge in [-0.25, -0.2) is 0 Å². The highest BCUT2D eigenvalue weighted by atomic mass is 19.3. The standard InChI is InChI=1S/C16H21F2NO/c1-10-2-4-11(5-3-10)14-9-19-15-7-6-12(8-13(14)15)20-16(17)18/h6-8,10-11,14,16,19H,2-5,9H2,1H3. The van der Waals surface area contributed by atoms with E-state index in [-0.39, 0.29) is 5.75 Å². The zero-order valence-corrected chi connectivity index (χ0v) is 11.7. The molecule has 0 radical (unpaired) electrons. The van der Waals surface area contributed by atoms with E-state index in [1.807, 2.05) is 6.07 Å². The lowest BCUT2D eigenvalue weighted by Gasteiger charge is -2.30. The predicted octanol–water partition coefficient (Wildman–Crippen LogP) is 4.62. The molecule has 1 aliphatic carbocycles. The second kappa shape index (κ2) is 5.58. The van der Waals surface area contributed by atoms with Gasteiger partial charge in [0.25, 0.3) is 0 Å². The maximum absolute atomic E-state index is 12.3. The molecule has 1 aromatic carbocycles. The van der Waals surface area contributed by atoms with Crippen molar-refractivity contribution < 1.29 is 13.5 Å². The maximum atomic E-state index is 12.3. The number of alkyl halides is 2. The number of rotatable bonds is 3. The van der Waals surface area contributed by atoms with E-state index in [0.29, 0.717) is 11.8 Å². The van der Waals surface area contributed by atoms with Gasteiger partial charge in [0, 0.05) is 18.2 Å². The van der Waals surface area contributed by atoms with Gasteiger partial charge in [-0.3, -0.25) is 0 Å². The van der Waals surface area contributed by atoms with Gasteiger partial charge in [0.2, 0.25) is 0 Å². The molecule has 0 aromatic heterocycles. The van der Waals surface area contributed by atoms with Crippen LogP contribution in [0.4, 0.5) is 14.5 Å². The first-order valence-electron chi connectivity index (χ1n) is 7.46. The zero-order chi connectivity index (χ0) is 14.1. The van der Waals surface area contributed by atoms with Crippen LogP contribution in [0.5, 0.6) is 5.75 Å². The van der Waals surface area contributed by atoms with Crippen LogP contribution in [0.1, 0.15) is 44.1 Å². The zero-order valence-electron chi connectivity index (χ0n) is 11.7. The van der Waals surface area contributed by atoms with E-state index in [2.05, 4.69) is 17.0 Å². The van der Waals surface area contributed by atoms with Crippen LogP contribution < -0.4 is 10.1 Å². The summed E-state index contributed by atoms with van der Waals surface area (Å²) in [5.41, 5.74) is 2.23. The Kier molecular flexibility index (Phi) is 3.81. The summed E-state index contributed by atoms with van der Waals surface area (Å²) >= 11 is 0. The highest BCUT2D eigenvalue weighted by Gasteiger charge is 2.32. The first-order chi connectivity index (χ1) is 9.63. The molecular formula is C16H21F2NO. The fraction of sp³-hybridized carbons (Fsp3) is 0.625. The average Bonchev–Trinajstić information content (AvgIpc) is 2.82. The summed E-state index contributed by atoms with van der Waals surface area (Å²) in [5.74, 6) is 2.21. The fourth-order valence-corrected chi connectivity index (χ4v) is 3.62. The Balaban J connectivity index is 1.77. The Morgan fingerprint density at radius 2 is 1.95 bits per heavy atom. The van der Waals surface area contributed by atoms with Gasteiger partial charge in [0.15, 0.2) is 0 Å². The fourth-order valence-electron chi connectivity index (χ4n) is 3.62. The largest absolute Gasteiger partial charge is 0.435 e. The monoisotopic (exact) mass is 281 g/mol. The number of ether oxygens (including phenoxy) is 1. The van der Waals surface area contributed by atoms with E-state index in [1.54, 1.807) is 12.1 Å². The van der Waals surface area contributed by atoms with E-state index in [1.165, 1.54) is 25.7 Å². The van der Waals surface area contributed by atoms with Gasteiger partial charge in [0.1, 0.15) is 5.75 Å². The molecule has 1 fully saturated rings. The number of fused-ring (bicyclic) bond motifs is 1. The van der Waals surface area contributed by atoms with Crippen LogP contribution in [0, 0.1) is 11.8 Å². The lowest BCUT2D eigenvalue weighted by Crippen LogP contribution is -2.20. The highest BCUT2D eigenvalue weighted by molar-refractivity contribution is 5.60. The molecule has 3 rings (SSSR count). The molecule has 2 nitrogen and oxygen atoms in total. The minimum absolute atomic E-state index is 0.275.